The molecule has 0 saturated carbocycles. The van der Waals surface area contributed by atoms with Crippen molar-refractivity contribution in [3.63, 3.8) is 0 Å². The SMILES string of the molecule is COc1ccc(/C=C/C(=O)Nc2cc(N)c3ccccc3c2CCCl)nc1. The van der Waals surface area contributed by atoms with Crippen LogP contribution >= 0.6 is 11.6 Å². The van der Waals surface area contributed by atoms with Crippen LogP contribution in [0.3, 0.4) is 0 Å². The van der Waals surface area contributed by atoms with E-state index in [1.807, 2.05) is 24.3 Å². The van der Waals surface area contributed by atoms with E-state index in [9.17, 15) is 4.79 Å². The maximum Gasteiger partial charge on any atom is 0.248 e. The molecule has 1 heterocycles. The Kier molecular flexibility index (Phi) is 5.94. The van der Waals surface area contributed by atoms with Crippen molar-refractivity contribution in [1.82, 2.24) is 4.98 Å². The van der Waals surface area contributed by atoms with Crippen molar-refractivity contribution >= 4 is 45.7 Å². The monoisotopic (exact) mass is 381 g/mol. The molecule has 0 radical (unpaired) electrons. The first-order valence-electron chi connectivity index (χ1n) is 8.47. The fraction of sp³-hybridized carbons (Fsp3) is 0.143. The second kappa shape index (κ2) is 8.56. The van der Waals surface area contributed by atoms with Crippen LogP contribution in [0.1, 0.15) is 11.3 Å². The number of hydrogen-bond acceptors (Lipinski definition) is 4. The van der Waals surface area contributed by atoms with Crippen LogP contribution in [0.4, 0.5) is 11.4 Å². The molecule has 138 valence electrons. The summed E-state index contributed by atoms with van der Waals surface area (Å²) in [6.07, 6.45) is 5.30. The van der Waals surface area contributed by atoms with E-state index in [-0.39, 0.29) is 5.91 Å². The molecule has 0 aliphatic carbocycles. The molecule has 0 saturated heterocycles. The van der Waals surface area contributed by atoms with E-state index in [0.29, 0.717) is 35.1 Å². The zero-order valence-electron chi connectivity index (χ0n) is 14.9. The van der Waals surface area contributed by atoms with Gasteiger partial charge in [-0.15, -0.1) is 11.6 Å². The van der Waals surface area contributed by atoms with E-state index in [1.54, 1.807) is 37.6 Å². The number of alkyl halides is 1. The molecule has 3 rings (SSSR count). The van der Waals surface area contributed by atoms with Crippen molar-refractivity contribution in [3.05, 3.63) is 66.0 Å². The van der Waals surface area contributed by atoms with Crippen LogP contribution in [0.5, 0.6) is 5.75 Å². The van der Waals surface area contributed by atoms with Gasteiger partial charge in [0.25, 0.3) is 0 Å². The minimum Gasteiger partial charge on any atom is -0.495 e. The Morgan fingerprint density at radius 1 is 1.26 bits per heavy atom. The zero-order valence-corrected chi connectivity index (χ0v) is 15.7. The normalized spacial score (nSPS) is 11.0. The highest BCUT2D eigenvalue weighted by Gasteiger charge is 2.12. The van der Waals surface area contributed by atoms with E-state index in [0.717, 1.165) is 16.3 Å². The standard InChI is InChI=1S/C21H20ClN3O2/c1-27-15-8-6-14(24-13-15)7-9-21(26)25-20-12-19(23)17-5-3-2-4-16(17)18(20)10-11-22/h2-9,12-13H,10-11,23H2,1H3,(H,25,26)/b9-7+. The van der Waals surface area contributed by atoms with E-state index < -0.39 is 0 Å². The number of fused-ring (bicyclic) bond motifs is 1. The number of nitrogen functional groups attached to an aromatic ring is 1. The Balaban J connectivity index is 1.85. The number of aryl methyl sites for hydroxylation is 1. The third-order valence-corrected chi connectivity index (χ3v) is 4.38. The van der Waals surface area contributed by atoms with Crippen LogP contribution in [-0.2, 0) is 11.2 Å². The van der Waals surface area contributed by atoms with Crippen LogP contribution in [0.25, 0.3) is 16.8 Å². The Bertz CT molecular complexity index is 985. The van der Waals surface area contributed by atoms with Crippen LogP contribution in [0.2, 0.25) is 0 Å². The molecule has 5 nitrogen and oxygen atoms in total. The Labute approximate surface area is 162 Å². The van der Waals surface area contributed by atoms with Gasteiger partial charge < -0.3 is 15.8 Å². The maximum atomic E-state index is 12.4. The minimum atomic E-state index is -0.266. The number of aromatic nitrogens is 1. The molecule has 3 aromatic rings. The molecule has 0 spiro atoms. The number of pyridine rings is 1. The number of anilines is 2. The van der Waals surface area contributed by atoms with E-state index in [4.69, 9.17) is 22.1 Å². The summed E-state index contributed by atoms with van der Waals surface area (Å²) in [6, 6.07) is 13.2. The maximum absolute atomic E-state index is 12.4. The molecule has 1 aromatic heterocycles. The van der Waals surface area contributed by atoms with Crippen LogP contribution in [0, 0.1) is 0 Å². The van der Waals surface area contributed by atoms with Crippen molar-refractivity contribution in [2.45, 2.75) is 6.42 Å². The number of nitrogens with two attached hydrogens (primary N) is 1. The fourth-order valence-electron chi connectivity index (χ4n) is 2.89. The molecule has 0 aliphatic rings. The predicted molar refractivity (Wildman–Crippen MR) is 111 cm³/mol. The van der Waals surface area contributed by atoms with E-state index in [2.05, 4.69) is 10.3 Å². The van der Waals surface area contributed by atoms with Crippen LogP contribution < -0.4 is 15.8 Å². The number of methoxy groups -OCH3 is 1. The van der Waals surface area contributed by atoms with Gasteiger partial charge in [-0.2, -0.15) is 0 Å². The molecule has 27 heavy (non-hydrogen) atoms. The molecule has 0 bridgehead atoms. The molecular formula is C21H20ClN3O2. The molecule has 6 heteroatoms. The number of halogens is 1. The number of amides is 1. The van der Waals surface area contributed by atoms with Crippen LogP contribution in [0.15, 0.2) is 54.7 Å². The highest BCUT2D eigenvalue weighted by Crippen LogP contribution is 2.32. The summed E-state index contributed by atoms with van der Waals surface area (Å²) in [5.74, 6) is 0.842. The van der Waals surface area contributed by atoms with Gasteiger partial charge in [0.15, 0.2) is 0 Å². The number of carbonyl (C=O) groups excluding carboxylic acids is 1. The smallest absolute Gasteiger partial charge is 0.248 e. The molecule has 0 aliphatic heterocycles. The summed E-state index contributed by atoms with van der Waals surface area (Å²) in [5.41, 5.74) is 9.08. The number of benzene rings is 2. The second-order valence-corrected chi connectivity index (χ2v) is 6.30. The molecule has 2 aromatic carbocycles. The van der Waals surface area contributed by atoms with Crippen LogP contribution in [-0.4, -0.2) is 23.9 Å². The number of carbonyl (C=O) groups is 1. The van der Waals surface area contributed by atoms with Gasteiger partial charge in [0.2, 0.25) is 5.91 Å². The van der Waals surface area contributed by atoms with Gasteiger partial charge >= 0.3 is 0 Å². The molecule has 0 unspecified atom stereocenters. The lowest BCUT2D eigenvalue weighted by Gasteiger charge is -2.14. The summed E-state index contributed by atoms with van der Waals surface area (Å²) >= 11 is 5.97. The average Bonchev–Trinajstić information content (AvgIpc) is 2.70. The minimum absolute atomic E-state index is 0.266. The summed E-state index contributed by atoms with van der Waals surface area (Å²) < 4.78 is 5.07. The van der Waals surface area contributed by atoms with Gasteiger partial charge in [-0.1, -0.05) is 24.3 Å². The first-order chi connectivity index (χ1) is 13.1. The number of rotatable bonds is 6. The zero-order chi connectivity index (χ0) is 19.2. The highest BCUT2D eigenvalue weighted by atomic mass is 35.5. The van der Waals surface area contributed by atoms with Gasteiger partial charge in [-0.25, -0.2) is 0 Å². The van der Waals surface area contributed by atoms with Gasteiger partial charge in [0, 0.05) is 28.7 Å². The van der Waals surface area contributed by atoms with Crippen molar-refractivity contribution in [3.8, 4) is 5.75 Å². The van der Waals surface area contributed by atoms with Crippen molar-refractivity contribution in [1.29, 1.82) is 0 Å². The molecule has 3 N–H and O–H groups in total. The number of nitrogens with zero attached hydrogens (tertiary/aromatic N) is 1. The third kappa shape index (κ3) is 4.38. The lowest BCUT2D eigenvalue weighted by atomic mass is 9.99. The van der Waals surface area contributed by atoms with Gasteiger partial charge in [0.05, 0.1) is 19.0 Å². The number of ether oxygens (including phenoxy) is 1. The highest BCUT2D eigenvalue weighted by molar-refractivity contribution is 6.18. The lowest BCUT2D eigenvalue weighted by molar-refractivity contribution is -0.111. The summed E-state index contributed by atoms with van der Waals surface area (Å²) in [7, 11) is 1.58. The van der Waals surface area contributed by atoms with Crippen molar-refractivity contribution in [2.24, 2.45) is 0 Å². The molecule has 0 atom stereocenters. The quantitative estimate of drug-likeness (QED) is 0.380. The molecular weight excluding hydrogens is 362 g/mol. The van der Waals surface area contributed by atoms with Gasteiger partial charge in [-0.05, 0) is 41.6 Å². The topological polar surface area (TPSA) is 77.2 Å². The Morgan fingerprint density at radius 2 is 2.04 bits per heavy atom. The van der Waals surface area contributed by atoms with Crippen molar-refractivity contribution in [2.75, 3.05) is 24.0 Å². The second-order valence-electron chi connectivity index (χ2n) is 5.92. The van der Waals surface area contributed by atoms with Gasteiger partial charge in [0.1, 0.15) is 5.75 Å². The Morgan fingerprint density at radius 3 is 2.70 bits per heavy atom. The van der Waals surface area contributed by atoms with Gasteiger partial charge in [-0.3, -0.25) is 9.78 Å². The molecule has 1 amide bonds. The predicted octanol–water partition coefficient (Wildman–Crippen LogP) is 4.26. The Hall–Kier alpha value is -3.05. The summed E-state index contributed by atoms with van der Waals surface area (Å²) in [5, 5.41) is 4.85. The first kappa shape index (κ1) is 18.7. The number of hydrogen-bond donors (Lipinski definition) is 2. The van der Waals surface area contributed by atoms with E-state index in [1.165, 1.54) is 6.08 Å². The molecule has 0 fully saturated rings. The first-order valence-corrected chi connectivity index (χ1v) is 9.01. The fourth-order valence-corrected chi connectivity index (χ4v) is 3.07. The lowest BCUT2D eigenvalue weighted by Crippen LogP contribution is -2.11. The van der Waals surface area contributed by atoms with E-state index >= 15 is 0 Å². The summed E-state index contributed by atoms with van der Waals surface area (Å²) in [4.78, 5) is 16.6. The summed E-state index contributed by atoms with van der Waals surface area (Å²) in [6.45, 7) is 0. The van der Waals surface area contributed by atoms with Crippen molar-refractivity contribution < 1.29 is 9.53 Å². The third-order valence-electron chi connectivity index (χ3n) is 4.19. The largest absolute Gasteiger partial charge is 0.495 e. The number of nitrogens with one attached hydrogen (secondary N) is 1. The average molecular weight is 382 g/mol.